The number of carbonyl (C=O) groups excluding carboxylic acids is 1. The number of aromatic amines is 1. The molecular weight excluding hydrogens is 282 g/mol. The van der Waals surface area contributed by atoms with Crippen LogP contribution in [0.2, 0.25) is 0 Å². The van der Waals surface area contributed by atoms with Crippen LogP contribution in [0.3, 0.4) is 0 Å². The van der Waals surface area contributed by atoms with E-state index in [-0.39, 0.29) is 17.5 Å². The summed E-state index contributed by atoms with van der Waals surface area (Å²) in [4.78, 5) is 31.3. The summed E-state index contributed by atoms with van der Waals surface area (Å²) in [6.45, 7) is 5.06. The van der Waals surface area contributed by atoms with Crippen molar-refractivity contribution in [3.8, 4) is 0 Å². The lowest BCUT2D eigenvalue weighted by molar-refractivity contribution is 0.0745. The molecule has 0 aromatic carbocycles. The van der Waals surface area contributed by atoms with Crippen molar-refractivity contribution in [1.82, 2.24) is 19.7 Å². The van der Waals surface area contributed by atoms with Crippen molar-refractivity contribution in [3.05, 3.63) is 27.7 Å². The number of carbonyl (C=O) groups is 1. The van der Waals surface area contributed by atoms with Gasteiger partial charge in [-0.3, -0.25) is 19.4 Å². The van der Waals surface area contributed by atoms with E-state index in [1.165, 1.54) is 0 Å². The second kappa shape index (κ2) is 5.24. The van der Waals surface area contributed by atoms with Crippen molar-refractivity contribution < 1.29 is 4.79 Å². The summed E-state index contributed by atoms with van der Waals surface area (Å²) in [6.07, 6.45) is 0.903. The van der Waals surface area contributed by atoms with Gasteiger partial charge in [-0.15, -0.1) is 0 Å². The Morgan fingerprint density at radius 2 is 2.27 bits per heavy atom. The van der Waals surface area contributed by atoms with Gasteiger partial charge < -0.3 is 10.6 Å². The van der Waals surface area contributed by atoms with Gasteiger partial charge >= 0.3 is 0 Å². The van der Waals surface area contributed by atoms with E-state index in [1.54, 1.807) is 17.8 Å². The van der Waals surface area contributed by atoms with Gasteiger partial charge in [-0.1, -0.05) is 0 Å². The van der Waals surface area contributed by atoms with Crippen molar-refractivity contribution in [1.29, 1.82) is 0 Å². The molecule has 2 aromatic rings. The first-order valence-corrected chi connectivity index (χ1v) is 7.49. The Bertz CT molecular complexity index is 791. The first kappa shape index (κ1) is 14.8. The van der Waals surface area contributed by atoms with Crippen LogP contribution in [0.15, 0.2) is 10.9 Å². The third kappa shape index (κ3) is 2.21. The van der Waals surface area contributed by atoms with E-state index >= 15 is 0 Å². The molecule has 3 N–H and O–H groups in total. The highest BCUT2D eigenvalue weighted by Gasteiger charge is 2.33. The molecule has 3 heterocycles. The highest BCUT2D eigenvalue weighted by atomic mass is 16.2. The van der Waals surface area contributed by atoms with Crippen LogP contribution in [-0.2, 0) is 7.05 Å². The maximum absolute atomic E-state index is 12.9. The minimum absolute atomic E-state index is 0.115. The molecule has 1 aliphatic rings. The minimum Gasteiger partial charge on any atom is -0.336 e. The SMILES string of the molecule is Cc1cc(C(=O)N2CC(CN)CC2C)c2c(=O)[nH]n(C)c2n1. The van der Waals surface area contributed by atoms with Gasteiger partial charge in [0.1, 0.15) is 0 Å². The topological polar surface area (TPSA) is 97.0 Å². The van der Waals surface area contributed by atoms with E-state index in [9.17, 15) is 9.59 Å². The second-order valence-electron chi connectivity index (χ2n) is 6.15. The Hall–Kier alpha value is -2.15. The van der Waals surface area contributed by atoms with Gasteiger partial charge in [0.15, 0.2) is 5.65 Å². The molecule has 1 aliphatic heterocycles. The average Bonchev–Trinajstić information content (AvgIpc) is 2.98. The molecule has 0 radical (unpaired) electrons. The van der Waals surface area contributed by atoms with Gasteiger partial charge in [0.05, 0.1) is 10.9 Å². The molecule has 2 unspecified atom stereocenters. The third-order valence-corrected chi connectivity index (χ3v) is 4.43. The first-order chi connectivity index (χ1) is 10.4. The van der Waals surface area contributed by atoms with Crippen molar-refractivity contribution in [2.45, 2.75) is 26.3 Å². The van der Waals surface area contributed by atoms with Crippen LogP contribution in [0.1, 0.15) is 29.4 Å². The maximum Gasteiger partial charge on any atom is 0.274 e. The van der Waals surface area contributed by atoms with Gasteiger partial charge in [-0.25, -0.2) is 4.98 Å². The van der Waals surface area contributed by atoms with E-state index in [0.717, 1.165) is 6.42 Å². The minimum atomic E-state index is -0.282. The molecule has 0 saturated carbocycles. The Kier molecular flexibility index (Phi) is 3.52. The predicted molar refractivity (Wildman–Crippen MR) is 83.7 cm³/mol. The Labute approximate surface area is 128 Å². The van der Waals surface area contributed by atoms with Crippen LogP contribution in [0.25, 0.3) is 11.0 Å². The summed E-state index contributed by atoms with van der Waals surface area (Å²) in [7, 11) is 1.72. The number of nitrogens with two attached hydrogens (primary N) is 1. The van der Waals surface area contributed by atoms with E-state index in [2.05, 4.69) is 10.1 Å². The van der Waals surface area contributed by atoms with Gasteiger partial charge in [-0.2, -0.15) is 0 Å². The number of hydrogen-bond acceptors (Lipinski definition) is 4. The Morgan fingerprint density at radius 3 is 2.91 bits per heavy atom. The highest BCUT2D eigenvalue weighted by Crippen LogP contribution is 2.26. The Morgan fingerprint density at radius 1 is 1.55 bits per heavy atom. The largest absolute Gasteiger partial charge is 0.336 e. The molecule has 2 atom stereocenters. The number of hydrogen-bond donors (Lipinski definition) is 2. The summed E-state index contributed by atoms with van der Waals surface area (Å²) >= 11 is 0. The fourth-order valence-corrected chi connectivity index (χ4v) is 3.30. The number of pyridine rings is 1. The molecule has 22 heavy (non-hydrogen) atoms. The molecule has 0 aliphatic carbocycles. The molecule has 7 nitrogen and oxygen atoms in total. The van der Waals surface area contributed by atoms with Gasteiger partial charge in [0.25, 0.3) is 11.5 Å². The fourth-order valence-electron chi connectivity index (χ4n) is 3.30. The summed E-state index contributed by atoms with van der Waals surface area (Å²) in [6, 6.07) is 1.83. The van der Waals surface area contributed by atoms with Crippen LogP contribution in [0, 0.1) is 12.8 Å². The normalized spacial score (nSPS) is 21.7. The smallest absolute Gasteiger partial charge is 0.274 e. The van der Waals surface area contributed by atoms with E-state index < -0.39 is 0 Å². The molecule has 3 rings (SSSR count). The van der Waals surface area contributed by atoms with E-state index in [4.69, 9.17) is 5.73 Å². The van der Waals surface area contributed by atoms with Crippen molar-refractivity contribution in [2.75, 3.05) is 13.1 Å². The van der Waals surface area contributed by atoms with Crippen LogP contribution >= 0.6 is 0 Å². The lowest BCUT2D eigenvalue weighted by atomic mass is 10.1. The van der Waals surface area contributed by atoms with Crippen molar-refractivity contribution >= 4 is 16.9 Å². The zero-order valence-electron chi connectivity index (χ0n) is 13.1. The zero-order chi connectivity index (χ0) is 16.0. The molecular formula is C15H21N5O2. The number of likely N-dealkylation sites (tertiary alicyclic amines) is 1. The highest BCUT2D eigenvalue weighted by molar-refractivity contribution is 6.05. The second-order valence-corrected chi connectivity index (χ2v) is 6.15. The van der Waals surface area contributed by atoms with Gasteiger partial charge in [-0.05, 0) is 38.8 Å². The number of aromatic nitrogens is 3. The quantitative estimate of drug-likeness (QED) is 0.838. The summed E-state index contributed by atoms with van der Waals surface area (Å²) < 4.78 is 1.55. The van der Waals surface area contributed by atoms with E-state index in [0.29, 0.717) is 41.3 Å². The standard InChI is InChI=1S/C15H21N5O2/c1-8-4-11(12-13(17-8)19(3)18-14(12)21)15(22)20-7-10(6-16)5-9(20)2/h4,9-10H,5-7,16H2,1-3H3,(H,18,21). The third-order valence-electron chi connectivity index (χ3n) is 4.43. The number of fused-ring (bicyclic) bond motifs is 1. The molecule has 118 valence electrons. The number of rotatable bonds is 2. The molecule has 0 spiro atoms. The van der Waals surface area contributed by atoms with E-state index in [1.807, 2.05) is 18.7 Å². The molecule has 0 bridgehead atoms. The lowest BCUT2D eigenvalue weighted by Gasteiger charge is -2.22. The van der Waals surface area contributed by atoms with Crippen LogP contribution in [0.4, 0.5) is 0 Å². The molecule has 2 aromatic heterocycles. The maximum atomic E-state index is 12.9. The first-order valence-electron chi connectivity index (χ1n) is 7.49. The molecule has 1 saturated heterocycles. The lowest BCUT2D eigenvalue weighted by Crippen LogP contribution is -2.35. The molecule has 1 fully saturated rings. The number of nitrogens with zero attached hydrogens (tertiary/aromatic N) is 3. The van der Waals surface area contributed by atoms with Crippen molar-refractivity contribution in [3.63, 3.8) is 0 Å². The number of nitrogens with one attached hydrogen (secondary N) is 1. The zero-order valence-corrected chi connectivity index (χ0v) is 13.1. The number of H-pyrrole nitrogens is 1. The Balaban J connectivity index is 2.10. The van der Waals surface area contributed by atoms with Crippen LogP contribution < -0.4 is 11.3 Å². The number of aryl methyl sites for hydroxylation is 2. The van der Waals surface area contributed by atoms with Gasteiger partial charge in [0, 0.05) is 25.3 Å². The predicted octanol–water partition coefficient (Wildman–Crippen LogP) is 0.379. The van der Waals surface area contributed by atoms with Crippen LogP contribution in [-0.4, -0.2) is 44.7 Å². The van der Waals surface area contributed by atoms with Gasteiger partial charge in [0.2, 0.25) is 0 Å². The monoisotopic (exact) mass is 303 g/mol. The molecule has 1 amide bonds. The summed E-state index contributed by atoms with van der Waals surface area (Å²) in [5.74, 6) is 0.210. The van der Waals surface area contributed by atoms with Crippen molar-refractivity contribution in [2.24, 2.45) is 18.7 Å². The fraction of sp³-hybridized carbons (Fsp3) is 0.533. The number of amides is 1. The average molecular weight is 303 g/mol. The summed E-state index contributed by atoms with van der Waals surface area (Å²) in [5.41, 5.74) is 7.10. The summed E-state index contributed by atoms with van der Waals surface area (Å²) in [5, 5.41) is 3.03. The molecule has 7 heteroatoms. The van der Waals surface area contributed by atoms with Crippen LogP contribution in [0.5, 0.6) is 0 Å².